The van der Waals surface area contributed by atoms with Crippen LogP contribution in [0.15, 0.2) is 68.0 Å². The van der Waals surface area contributed by atoms with Crippen molar-refractivity contribution < 1.29 is 4.79 Å². The van der Waals surface area contributed by atoms with E-state index in [4.69, 9.17) is 0 Å². The van der Waals surface area contributed by atoms with Crippen LogP contribution in [0, 0.1) is 0 Å². The molecule has 0 aliphatic rings. The zero-order valence-electron chi connectivity index (χ0n) is 16.4. The number of benzene rings is 2. The van der Waals surface area contributed by atoms with Gasteiger partial charge in [-0.3, -0.25) is 4.79 Å². The Balaban J connectivity index is 1.39. The van der Waals surface area contributed by atoms with Crippen molar-refractivity contribution in [3.63, 3.8) is 0 Å². The summed E-state index contributed by atoms with van der Waals surface area (Å²) in [5.74, 6) is 0.889. The Labute approximate surface area is 204 Å². The van der Waals surface area contributed by atoms with Crippen molar-refractivity contribution in [1.82, 2.24) is 19.7 Å². The number of nitrogens with zero attached hydrogens (tertiary/aromatic N) is 4. The molecule has 2 aromatic heterocycles. The van der Waals surface area contributed by atoms with Crippen LogP contribution in [0.25, 0.3) is 22.6 Å². The zero-order valence-corrected chi connectivity index (χ0v) is 21.2. The molecular formula is C21H17Br2N5OS2. The minimum Gasteiger partial charge on any atom is -0.302 e. The lowest BCUT2D eigenvalue weighted by Gasteiger charge is -2.07. The number of anilines is 1. The molecule has 0 radical (unpaired) electrons. The first-order valence-corrected chi connectivity index (χ1v) is 12.8. The lowest BCUT2D eigenvalue weighted by Crippen LogP contribution is -2.14. The average Bonchev–Trinajstić information content (AvgIpc) is 3.40. The van der Waals surface area contributed by atoms with Gasteiger partial charge in [-0.1, -0.05) is 67.9 Å². The molecular weight excluding hydrogens is 562 g/mol. The van der Waals surface area contributed by atoms with E-state index in [0.717, 1.165) is 31.6 Å². The van der Waals surface area contributed by atoms with Gasteiger partial charge in [-0.25, -0.2) is 4.98 Å². The molecule has 0 bridgehead atoms. The number of carbonyl (C=O) groups is 1. The van der Waals surface area contributed by atoms with Gasteiger partial charge in [0.2, 0.25) is 5.91 Å². The molecule has 31 heavy (non-hydrogen) atoms. The van der Waals surface area contributed by atoms with Gasteiger partial charge in [0.15, 0.2) is 16.1 Å². The Kier molecular flexibility index (Phi) is 7.21. The molecule has 0 spiro atoms. The zero-order chi connectivity index (χ0) is 21.8. The summed E-state index contributed by atoms with van der Waals surface area (Å²) in [6.07, 6.45) is 0. The van der Waals surface area contributed by atoms with E-state index in [1.807, 2.05) is 65.4 Å². The molecule has 1 amide bonds. The van der Waals surface area contributed by atoms with Crippen LogP contribution in [0.2, 0.25) is 0 Å². The van der Waals surface area contributed by atoms with Gasteiger partial charge in [-0.15, -0.1) is 21.5 Å². The summed E-state index contributed by atoms with van der Waals surface area (Å²) >= 11 is 9.65. The summed E-state index contributed by atoms with van der Waals surface area (Å²) < 4.78 is 4.03. The first-order valence-electron chi connectivity index (χ1n) is 9.36. The standard InChI is InChI=1S/C21H17Br2N5OS2/c1-2-28-19(14-5-9-16(23)10-6-14)26-27-21(28)31-12-18(29)25-20-24-17(11-30-20)13-3-7-15(22)8-4-13/h3-11H,2,12H2,1H3,(H,24,25,29). The fourth-order valence-corrected chi connectivity index (χ4v) is 4.93. The minimum atomic E-state index is -0.127. The predicted octanol–water partition coefficient (Wildman–Crippen LogP) is 6.34. The van der Waals surface area contributed by atoms with Crippen LogP contribution in [0.4, 0.5) is 5.13 Å². The molecule has 0 atom stereocenters. The predicted molar refractivity (Wildman–Crippen MR) is 133 cm³/mol. The third kappa shape index (κ3) is 5.43. The lowest BCUT2D eigenvalue weighted by atomic mass is 10.2. The van der Waals surface area contributed by atoms with E-state index in [-0.39, 0.29) is 11.7 Å². The maximum Gasteiger partial charge on any atom is 0.236 e. The van der Waals surface area contributed by atoms with E-state index in [0.29, 0.717) is 16.8 Å². The normalized spacial score (nSPS) is 10.9. The molecule has 1 N–H and O–H groups in total. The molecule has 4 aromatic rings. The van der Waals surface area contributed by atoms with Crippen molar-refractivity contribution in [2.45, 2.75) is 18.6 Å². The highest BCUT2D eigenvalue weighted by Gasteiger charge is 2.15. The minimum absolute atomic E-state index is 0.127. The Hall–Kier alpha value is -2.01. The largest absolute Gasteiger partial charge is 0.302 e. The van der Waals surface area contributed by atoms with Crippen molar-refractivity contribution in [3.8, 4) is 22.6 Å². The first-order chi connectivity index (χ1) is 15.0. The van der Waals surface area contributed by atoms with E-state index >= 15 is 0 Å². The number of thioether (sulfide) groups is 1. The van der Waals surface area contributed by atoms with Crippen molar-refractivity contribution in [2.75, 3.05) is 11.1 Å². The molecule has 6 nitrogen and oxygen atoms in total. The van der Waals surface area contributed by atoms with Gasteiger partial charge in [0, 0.05) is 32.0 Å². The first kappa shape index (κ1) is 22.2. The van der Waals surface area contributed by atoms with Crippen LogP contribution in [0.1, 0.15) is 6.92 Å². The molecule has 0 aliphatic heterocycles. The number of carbonyl (C=O) groups excluding carboxylic acids is 1. The lowest BCUT2D eigenvalue weighted by molar-refractivity contribution is -0.113. The van der Waals surface area contributed by atoms with Crippen molar-refractivity contribution in [2.24, 2.45) is 0 Å². The average molecular weight is 579 g/mol. The Bertz CT molecular complexity index is 1190. The molecule has 2 heterocycles. The number of thiazole rings is 1. The summed E-state index contributed by atoms with van der Waals surface area (Å²) in [5, 5.41) is 14.7. The van der Waals surface area contributed by atoms with Crippen LogP contribution >= 0.6 is 55.0 Å². The molecule has 0 fully saturated rings. The molecule has 2 aromatic carbocycles. The maximum absolute atomic E-state index is 12.5. The topological polar surface area (TPSA) is 72.7 Å². The summed E-state index contributed by atoms with van der Waals surface area (Å²) in [6, 6.07) is 15.8. The van der Waals surface area contributed by atoms with Crippen LogP contribution < -0.4 is 5.32 Å². The molecule has 0 saturated carbocycles. The highest BCUT2D eigenvalue weighted by atomic mass is 79.9. The van der Waals surface area contributed by atoms with Crippen molar-refractivity contribution >= 4 is 66.0 Å². The molecule has 10 heteroatoms. The molecule has 0 aliphatic carbocycles. The highest BCUT2D eigenvalue weighted by molar-refractivity contribution is 9.10. The second-order valence-corrected chi connectivity index (χ2v) is 10.1. The number of hydrogen-bond donors (Lipinski definition) is 1. The van der Waals surface area contributed by atoms with Gasteiger partial charge < -0.3 is 9.88 Å². The number of halogens is 2. The van der Waals surface area contributed by atoms with Gasteiger partial charge in [0.25, 0.3) is 0 Å². The second kappa shape index (κ2) is 10.1. The van der Waals surface area contributed by atoms with E-state index in [2.05, 4.69) is 52.4 Å². The van der Waals surface area contributed by atoms with Gasteiger partial charge in [0.05, 0.1) is 11.4 Å². The van der Waals surface area contributed by atoms with Gasteiger partial charge >= 0.3 is 0 Å². The van der Waals surface area contributed by atoms with Gasteiger partial charge in [-0.05, 0) is 31.2 Å². The summed E-state index contributed by atoms with van der Waals surface area (Å²) in [5.41, 5.74) is 2.83. The molecule has 0 saturated heterocycles. The second-order valence-electron chi connectivity index (χ2n) is 6.44. The summed E-state index contributed by atoms with van der Waals surface area (Å²) in [6.45, 7) is 2.75. The van der Waals surface area contributed by atoms with E-state index in [1.54, 1.807) is 0 Å². The third-order valence-electron chi connectivity index (χ3n) is 4.36. The molecule has 0 unspecified atom stereocenters. The fraction of sp³-hybridized carbons (Fsp3) is 0.143. The Morgan fingerprint density at radius 2 is 1.68 bits per heavy atom. The van der Waals surface area contributed by atoms with E-state index in [9.17, 15) is 4.79 Å². The quantitative estimate of drug-likeness (QED) is 0.259. The van der Waals surface area contributed by atoms with E-state index in [1.165, 1.54) is 23.1 Å². The number of nitrogens with one attached hydrogen (secondary N) is 1. The third-order valence-corrected chi connectivity index (χ3v) is 7.14. The number of hydrogen-bond acceptors (Lipinski definition) is 6. The summed E-state index contributed by atoms with van der Waals surface area (Å²) in [7, 11) is 0. The maximum atomic E-state index is 12.5. The smallest absolute Gasteiger partial charge is 0.236 e. The van der Waals surface area contributed by atoms with Gasteiger partial charge in [0.1, 0.15) is 0 Å². The SMILES string of the molecule is CCn1c(SCC(=O)Nc2nc(-c3ccc(Br)cc3)cs2)nnc1-c1ccc(Br)cc1. The van der Waals surface area contributed by atoms with E-state index < -0.39 is 0 Å². The number of amides is 1. The fourth-order valence-electron chi connectivity index (χ4n) is 2.86. The van der Waals surface area contributed by atoms with Gasteiger partial charge in [-0.2, -0.15) is 0 Å². The highest BCUT2D eigenvalue weighted by Crippen LogP contribution is 2.27. The van der Waals surface area contributed by atoms with Crippen LogP contribution in [-0.2, 0) is 11.3 Å². The van der Waals surface area contributed by atoms with Crippen molar-refractivity contribution in [1.29, 1.82) is 0 Å². The summed E-state index contributed by atoms with van der Waals surface area (Å²) in [4.78, 5) is 17.0. The van der Waals surface area contributed by atoms with Crippen LogP contribution in [0.5, 0.6) is 0 Å². The monoisotopic (exact) mass is 577 g/mol. The Morgan fingerprint density at radius 3 is 2.32 bits per heavy atom. The molecule has 158 valence electrons. The number of rotatable bonds is 7. The van der Waals surface area contributed by atoms with Crippen LogP contribution in [0.3, 0.4) is 0 Å². The molecule has 4 rings (SSSR count). The number of aromatic nitrogens is 4. The van der Waals surface area contributed by atoms with Crippen molar-refractivity contribution in [3.05, 3.63) is 62.9 Å². The van der Waals surface area contributed by atoms with Crippen LogP contribution in [-0.4, -0.2) is 31.4 Å². The Morgan fingerprint density at radius 1 is 1.03 bits per heavy atom.